The van der Waals surface area contributed by atoms with Crippen molar-refractivity contribution in [3.8, 4) is 0 Å². The van der Waals surface area contributed by atoms with E-state index in [0.717, 1.165) is 0 Å². The topological polar surface area (TPSA) is 92.5 Å². The van der Waals surface area contributed by atoms with Crippen molar-refractivity contribution in [2.75, 3.05) is 11.1 Å². The van der Waals surface area contributed by atoms with Crippen molar-refractivity contribution in [2.24, 2.45) is 0 Å². The highest BCUT2D eigenvalue weighted by Crippen LogP contribution is 2.30. The number of nitrogens with zero attached hydrogens (tertiary/aromatic N) is 3. The van der Waals surface area contributed by atoms with Crippen molar-refractivity contribution in [1.82, 2.24) is 20.2 Å². The summed E-state index contributed by atoms with van der Waals surface area (Å²) in [4.78, 5) is 8.05. The lowest BCUT2D eigenvalue weighted by molar-refractivity contribution is 0.629. The van der Waals surface area contributed by atoms with E-state index in [4.69, 9.17) is 28.9 Å². The number of nitrogen functional groups attached to an aromatic ring is 1. The normalized spacial score (nSPS) is 10.9. The second-order valence-corrected chi connectivity index (χ2v) is 4.76. The Hall–Kier alpha value is -2.12. The quantitative estimate of drug-likeness (QED) is 0.632. The lowest BCUT2D eigenvalue weighted by atomic mass is 10.3. The summed E-state index contributed by atoms with van der Waals surface area (Å²) in [7, 11) is 0. The summed E-state index contributed by atoms with van der Waals surface area (Å²) >= 11 is 11.5. The van der Waals surface area contributed by atoms with Crippen LogP contribution in [0.3, 0.4) is 0 Å². The average molecular weight is 313 g/mol. The summed E-state index contributed by atoms with van der Waals surface area (Å²) in [6.45, 7) is 0. The summed E-state index contributed by atoms with van der Waals surface area (Å²) in [6.07, 6.45) is 1.55. The molecule has 6 nitrogen and oxygen atoms in total. The van der Waals surface area contributed by atoms with Gasteiger partial charge in [0.25, 0.3) is 0 Å². The highest BCUT2D eigenvalue weighted by atomic mass is 35.5. The second kappa shape index (κ2) is 4.77. The molecule has 20 heavy (non-hydrogen) atoms. The first-order chi connectivity index (χ1) is 9.54. The van der Waals surface area contributed by atoms with Crippen LogP contribution in [0.1, 0.15) is 0 Å². The third kappa shape index (κ3) is 2.21. The summed E-state index contributed by atoms with van der Waals surface area (Å²) in [5.41, 5.74) is 6.56. The molecule has 2 heterocycles. The molecule has 0 aliphatic rings. The third-order valence-corrected chi connectivity index (χ3v) is 3.12. The summed E-state index contributed by atoms with van der Waals surface area (Å²) in [5.74, 6) is -0.182. The molecule has 2 aromatic heterocycles. The first-order valence-electron chi connectivity index (χ1n) is 5.43. The molecule has 0 atom stereocenters. The van der Waals surface area contributed by atoms with Crippen molar-refractivity contribution >= 4 is 51.7 Å². The Morgan fingerprint density at radius 3 is 2.60 bits per heavy atom. The van der Waals surface area contributed by atoms with Gasteiger partial charge in [-0.1, -0.05) is 23.2 Å². The van der Waals surface area contributed by atoms with Crippen LogP contribution < -0.4 is 11.1 Å². The Morgan fingerprint density at radius 2 is 1.90 bits per heavy atom. The zero-order valence-electron chi connectivity index (χ0n) is 9.78. The first-order valence-corrected chi connectivity index (χ1v) is 6.18. The predicted octanol–water partition coefficient (Wildman–Crippen LogP) is 3.12. The molecule has 0 amide bonds. The van der Waals surface area contributed by atoms with Gasteiger partial charge < -0.3 is 11.1 Å². The van der Waals surface area contributed by atoms with Crippen molar-refractivity contribution in [1.29, 1.82) is 0 Å². The SMILES string of the molecule is Nc1nc(Nc2cc(Cl)c(F)c(Cl)c2)c2cn[nH]c2n1. The highest BCUT2D eigenvalue weighted by molar-refractivity contribution is 6.35. The lowest BCUT2D eigenvalue weighted by Crippen LogP contribution is -2.01. The standard InChI is InChI=1S/C11H7Cl2FN6/c12-6-1-4(2-7(13)8(6)14)17-9-5-3-16-20-10(5)19-11(15)18-9/h1-3H,(H4,15,16,17,18,19,20). The number of H-pyrrole nitrogens is 1. The molecular formula is C11H7Cl2FN6. The molecule has 4 N–H and O–H groups in total. The van der Waals surface area contributed by atoms with Crippen LogP contribution in [0, 0.1) is 5.82 Å². The van der Waals surface area contributed by atoms with Gasteiger partial charge in [0, 0.05) is 5.69 Å². The Labute approximate surface area is 122 Å². The van der Waals surface area contributed by atoms with E-state index < -0.39 is 5.82 Å². The Morgan fingerprint density at radius 1 is 1.20 bits per heavy atom. The lowest BCUT2D eigenvalue weighted by Gasteiger charge is -2.08. The van der Waals surface area contributed by atoms with Crippen LogP contribution >= 0.6 is 23.2 Å². The van der Waals surface area contributed by atoms with Gasteiger partial charge in [-0.15, -0.1) is 0 Å². The molecule has 0 aliphatic carbocycles. The summed E-state index contributed by atoms with van der Waals surface area (Å²) < 4.78 is 13.4. The van der Waals surface area contributed by atoms with Gasteiger partial charge in [-0.2, -0.15) is 15.1 Å². The average Bonchev–Trinajstić information content (AvgIpc) is 2.84. The fourth-order valence-electron chi connectivity index (χ4n) is 1.71. The maximum atomic E-state index is 13.4. The number of nitrogens with two attached hydrogens (primary N) is 1. The molecule has 0 radical (unpaired) electrons. The minimum Gasteiger partial charge on any atom is -0.368 e. The Kier molecular flexibility index (Phi) is 3.07. The van der Waals surface area contributed by atoms with E-state index in [1.165, 1.54) is 12.1 Å². The number of benzene rings is 1. The Bertz CT molecular complexity index is 780. The van der Waals surface area contributed by atoms with Gasteiger partial charge in [0.15, 0.2) is 11.5 Å². The molecule has 0 spiro atoms. The maximum Gasteiger partial charge on any atom is 0.224 e. The van der Waals surface area contributed by atoms with Crippen molar-refractivity contribution < 1.29 is 4.39 Å². The fraction of sp³-hybridized carbons (Fsp3) is 0. The molecule has 0 unspecified atom stereocenters. The van der Waals surface area contributed by atoms with Gasteiger partial charge in [-0.25, -0.2) is 4.39 Å². The van der Waals surface area contributed by atoms with Gasteiger partial charge in [0.05, 0.1) is 21.6 Å². The van der Waals surface area contributed by atoms with Gasteiger partial charge in [-0.05, 0) is 12.1 Å². The molecule has 3 rings (SSSR count). The van der Waals surface area contributed by atoms with Gasteiger partial charge >= 0.3 is 0 Å². The van der Waals surface area contributed by atoms with E-state index >= 15 is 0 Å². The summed E-state index contributed by atoms with van der Waals surface area (Å²) in [5, 5.41) is 9.95. The number of rotatable bonds is 2. The van der Waals surface area contributed by atoms with Crippen molar-refractivity contribution in [3.05, 3.63) is 34.2 Å². The number of anilines is 3. The maximum absolute atomic E-state index is 13.4. The van der Waals surface area contributed by atoms with Crippen LogP contribution in [0.2, 0.25) is 10.0 Å². The fourth-order valence-corrected chi connectivity index (χ4v) is 2.20. The third-order valence-electron chi connectivity index (χ3n) is 2.57. The van der Waals surface area contributed by atoms with Crippen molar-refractivity contribution in [2.45, 2.75) is 0 Å². The number of nitrogens with one attached hydrogen (secondary N) is 2. The largest absolute Gasteiger partial charge is 0.368 e. The molecular weight excluding hydrogens is 306 g/mol. The van der Waals surface area contributed by atoms with Crippen molar-refractivity contribution in [3.63, 3.8) is 0 Å². The number of hydrogen-bond donors (Lipinski definition) is 3. The van der Waals surface area contributed by atoms with Gasteiger partial charge in [0.2, 0.25) is 5.95 Å². The van der Waals surface area contributed by atoms with Crippen LogP contribution in [0.15, 0.2) is 18.3 Å². The van der Waals surface area contributed by atoms with Crippen LogP contribution in [-0.4, -0.2) is 20.2 Å². The first kappa shape index (κ1) is 12.9. The van der Waals surface area contributed by atoms with Gasteiger partial charge in [-0.3, -0.25) is 5.10 Å². The zero-order valence-corrected chi connectivity index (χ0v) is 11.3. The monoisotopic (exact) mass is 312 g/mol. The predicted molar refractivity (Wildman–Crippen MR) is 75.8 cm³/mol. The van der Waals surface area contributed by atoms with Gasteiger partial charge in [0.1, 0.15) is 5.82 Å². The molecule has 1 aromatic carbocycles. The second-order valence-electron chi connectivity index (χ2n) is 3.94. The molecule has 0 saturated carbocycles. The van der Waals surface area contributed by atoms with E-state index in [9.17, 15) is 4.39 Å². The molecule has 0 bridgehead atoms. The molecule has 9 heteroatoms. The van der Waals surface area contributed by atoms with Crippen LogP contribution in [0.4, 0.5) is 21.8 Å². The highest BCUT2D eigenvalue weighted by Gasteiger charge is 2.11. The van der Waals surface area contributed by atoms with Crippen LogP contribution in [0.5, 0.6) is 0 Å². The molecule has 0 saturated heterocycles. The molecule has 0 fully saturated rings. The number of halogens is 3. The van der Waals surface area contributed by atoms with E-state index in [1.54, 1.807) is 6.20 Å². The number of aromatic nitrogens is 4. The van der Waals surface area contributed by atoms with E-state index in [0.29, 0.717) is 22.5 Å². The molecule has 0 aliphatic heterocycles. The number of aromatic amines is 1. The Balaban J connectivity index is 2.07. The molecule has 3 aromatic rings. The van der Waals surface area contributed by atoms with E-state index in [1.807, 2.05) is 0 Å². The zero-order chi connectivity index (χ0) is 14.3. The number of fused-ring (bicyclic) bond motifs is 1. The van der Waals surface area contributed by atoms with E-state index in [2.05, 4.69) is 25.5 Å². The van der Waals surface area contributed by atoms with Crippen LogP contribution in [-0.2, 0) is 0 Å². The number of hydrogen-bond acceptors (Lipinski definition) is 5. The minimum atomic E-state index is -0.672. The smallest absolute Gasteiger partial charge is 0.224 e. The molecule has 102 valence electrons. The minimum absolute atomic E-state index is 0.0727. The summed E-state index contributed by atoms with van der Waals surface area (Å²) in [6, 6.07) is 2.79. The van der Waals surface area contributed by atoms with E-state index in [-0.39, 0.29) is 16.0 Å². The van der Waals surface area contributed by atoms with Crippen LogP contribution in [0.25, 0.3) is 11.0 Å².